The lowest BCUT2D eigenvalue weighted by Crippen LogP contribution is -2.18. The summed E-state index contributed by atoms with van der Waals surface area (Å²) < 4.78 is 0. The number of nitrogens with one attached hydrogen (secondary N) is 1. The van der Waals surface area contributed by atoms with Crippen molar-refractivity contribution >= 4 is 5.57 Å². The monoisotopic (exact) mass is 201 g/mol. The number of hydrogen-bond acceptors (Lipinski definition) is 3. The first-order chi connectivity index (χ1) is 7.38. The lowest BCUT2D eigenvalue weighted by atomic mass is 9.87. The molecule has 1 saturated heterocycles. The third kappa shape index (κ3) is 1.57. The molecule has 1 aliphatic carbocycles. The summed E-state index contributed by atoms with van der Waals surface area (Å²) in [4.78, 5) is 8.15. The van der Waals surface area contributed by atoms with E-state index in [4.69, 9.17) is 0 Å². The Morgan fingerprint density at radius 2 is 2.07 bits per heavy atom. The van der Waals surface area contributed by atoms with Crippen molar-refractivity contribution in [1.29, 1.82) is 0 Å². The van der Waals surface area contributed by atoms with Crippen LogP contribution in [0.1, 0.15) is 24.8 Å². The fourth-order valence-corrected chi connectivity index (χ4v) is 2.69. The number of hydrogen-bond donors (Lipinski definition) is 1. The van der Waals surface area contributed by atoms with Gasteiger partial charge in [0.1, 0.15) is 6.33 Å². The normalized spacial score (nSPS) is 29.7. The highest BCUT2D eigenvalue weighted by Crippen LogP contribution is 2.43. The van der Waals surface area contributed by atoms with E-state index in [0.717, 1.165) is 13.1 Å². The van der Waals surface area contributed by atoms with Gasteiger partial charge in [-0.05, 0) is 31.4 Å². The highest BCUT2D eigenvalue weighted by Gasteiger charge is 2.35. The molecule has 1 atom stereocenters. The maximum atomic E-state index is 4.08. The first-order valence-electron chi connectivity index (χ1n) is 5.56. The first kappa shape index (κ1) is 9.04. The number of nitrogens with zero attached hydrogens (tertiary/aromatic N) is 2. The average molecular weight is 201 g/mol. The third-order valence-corrected chi connectivity index (χ3v) is 3.58. The third-order valence-electron chi connectivity index (χ3n) is 3.58. The summed E-state index contributed by atoms with van der Waals surface area (Å²) in [5.74, 6) is 0. The van der Waals surface area contributed by atoms with E-state index in [1.807, 2.05) is 12.4 Å². The summed E-state index contributed by atoms with van der Waals surface area (Å²) in [5, 5.41) is 3.45. The number of rotatable bonds is 1. The molecule has 1 N–H and O–H groups in total. The summed E-state index contributed by atoms with van der Waals surface area (Å²) in [6, 6.07) is 0. The van der Waals surface area contributed by atoms with Crippen molar-refractivity contribution in [3.63, 3.8) is 0 Å². The largest absolute Gasteiger partial charge is 0.316 e. The zero-order valence-corrected chi connectivity index (χ0v) is 8.74. The van der Waals surface area contributed by atoms with E-state index in [1.165, 1.54) is 30.4 Å². The van der Waals surface area contributed by atoms with Crippen molar-refractivity contribution in [2.75, 3.05) is 13.1 Å². The molecule has 2 aliphatic rings. The molecule has 0 saturated carbocycles. The molecule has 0 radical (unpaired) electrons. The van der Waals surface area contributed by atoms with Crippen LogP contribution in [0.15, 0.2) is 24.8 Å². The van der Waals surface area contributed by atoms with E-state index in [-0.39, 0.29) is 0 Å². The van der Waals surface area contributed by atoms with Gasteiger partial charge in [-0.1, -0.05) is 6.08 Å². The van der Waals surface area contributed by atoms with Crippen LogP contribution in [0.2, 0.25) is 0 Å². The predicted molar refractivity (Wildman–Crippen MR) is 59.2 cm³/mol. The van der Waals surface area contributed by atoms with Crippen molar-refractivity contribution in [2.24, 2.45) is 5.41 Å². The van der Waals surface area contributed by atoms with Gasteiger partial charge in [-0.2, -0.15) is 0 Å². The number of aromatic nitrogens is 2. The van der Waals surface area contributed by atoms with Gasteiger partial charge in [-0.15, -0.1) is 0 Å². The van der Waals surface area contributed by atoms with Crippen molar-refractivity contribution in [3.05, 3.63) is 30.4 Å². The highest BCUT2D eigenvalue weighted by molar-refractivity contribution is 5.67. The molecule has 1 unspecified atom stereocenters. The van der Waals surface area contributed by atoms with Gasteiger partial charge in [0.2, 0.25) is 0 Å². The molecule has 3 rings (SSSR count). The Labute approximate surface area is 89.6 Å². The van der Waals surface area contributed by atoms with E-state index in [0.29, 0.717) is 5.41 Å². The first-order valence-corrected chi connectivity index (χ1v) is 5.56. The van der Waals surface area contributed by atoms with Crippen LogP contribution in [0.25, 0.3) is 5.57 Å². The molecule has 78 valence electrons. The quantitative estimate of drug-likeness (QED) is 0.750. The fraction of sp³-hybridized carbons (Fsp3) is 0.500. The predicted octanol–water partition coefficient (Wildman–Crippen LogP) is 1.63. The Bertz CT molecular complexity index is 377. The molecule has 0 bridgehead atoms. The molecule has 3 nitrogen and oxygen atoms in total. The molecule has 0 aromatic carbocycles. The summed E-state index contributed by atoms with van der Waals surface area (Å²) in [5.41, 5.74) is 3.06. The average Bonchev–Trinajstić information content (AvgIpc) is 2.91. The lowest BCUT2D eigenvalue weighted by molar-refractivity contribution is 0.419. The molecule has 2 heterocycles. The van der Waals surface area contributed by atoms with Crippen LogP contribution < -0.4 is 5.32 Å². The minimum atomic E-state index is 0.436. The Morgan fingerprint density at radius 1 is 1.20 bits per heavy atom. The summed E-state index contributed by atoms with van der Waals surface area (Å²) in [7, 11) is 0. The van der Waals surface area contributed by atoms with E-state index in [9.17, 15) is 0 Å². The van der Waals surface area contributed by atoms with Gasteiger partial charge in [-0.25, -0.2) is 9.97 Å². The van der Waals surface area contributed by atoms with Crippen LogP contribution in [0.3, 0.4) is 0 Å². The van der Waals surface area contributed by atoms with Gasteiger partial charge in [0.25, 0.3) is 0 Å². The molecule has 1 aromatic heterocycles. The lowest BCUT2D eigenvalue weighted by Gasteiger charge is -2.17. The van der Waals surface area contributed by atoms with Crippen LogP contribution in [0.5, 0.6) is 0 Å². The van der Waals surface area contributed by atoms with Gasteiger partial charge in [-0.3, -0.25) is 0 Å². The standard InChI is InChI=1S/C12H15N3/c1-2-12(3-4-13-8-12)5-10(1)11-6-14-9-15-7-11/h5-7,9,13H,1-4,8H2. The van der Waals surface area contributed by atoms with Gasteiger partial charge < -0.3 is 5.32 Å². The molecule has 1 aromatic rings. The van der Waals surface area contributed by atoms with Crippen LogP contribution in [0.4, 0.5) is 0 Å². The van der Waals surface area contributed by atoms with Crippen LogP contribution in [-0.2, 0) is 0 Å². The molecular formula is C12H15N3. The van der Waals surface area contributed by atoms with Gasteiger partial charge in [0.15, 0.2) is 0 Å². The maximum absolute atomic E-state index is 4.08. The molecule has 1 aliphatic heterocycles. The Morgan fingerprint density at radius 3 is 2.80 bits per heavy atom. The van der Waals surface area contributed by atoms with Crippen molar-refractivity contribution in [1.82, 2.24) is 15.3 Å². The van der Waals surface area contributed by atoms with Gasteiger partial charge in [0.05, 0.1) is 0 Å². The van der Waals surface area contributed by atoms with Crippen LogP contribution in [0, 0.1) is 5.41 Å². The van der Waals surface area contributed by atoms with Gasteiger partial charge in [0, 0.05) is 29.9 Å². The van der Waals surface area contributed by atoms with Gasteiger partial charge >= 0.3 is 0 Å². The molecule has 3 heteroatoms. The molecule has 0 amide bonds. The number of allylic oxidation sites excluding steroid dienone is 1. The topological polar surface area (TPSA) is 37.8 Å². The Kier molecular flexibility index (Phi) is 2.06. The summed E-state index contributed by atoms with van der Waals surface area (Å²) in [6.07, 6.45) is 11.6. The van der Waals surface area contributed by atoms with Crippen molar-refractivity contribution in [3.8, 4) is 0 Å². The summed E-state index contributed by atoms with van der Waals surface area (Å²) >= 11 is 0. The summed E-state index contributed by atoms with van der Waals surface area (Å²) in [6.45, 7) is 2.30. The molecule has 15 heavy (non-hydrogen) atoms. The van der Waals surface area contributed by atoms with E-state index >= 15 is 0 Å². The molecule has 1 spiro atoms. The molecule has 1 fully saturated rings. The zero-order chi connectivity index (χ0) is 10.1. The second-order valence-corrected chi connectivity index (χ2v) is 4.59. The minimum Gasteiger partial charge on any atom is -0.316 e. The Hall–Kier alpha value is -1.22. The van der Waals surface area contributed by atoms with Crippen molar-refractivity contribution in [2.45, 2.75) is 19.3 Å². The second kappa shape index (κ2) is 3.42. The maximum Gasteiger partial charge on any atom is 0.115 e. The van der Waals surface area contributed by atoms with E-state index in [1.54, 1.807) is 6.33 Å². The van der Waals surface area contributed by atoms with E-state index in [2.05, 4.69) is 21.4 Å². The zero-order valence-electron chi connectivity index (χ0n) is 8.74. The van der Waals surface area contributed by atoms with E-state index < -0.39 is 0 Å². The van der Waals surface area contributed by atoms with Crippen molar-refractivity contribution < 1.29 is 0 Å². The van der Waals surface area contributed by atoms with Crippen LogP contribution >= 0.6 is 0 Å². The highest BCUT2D eigenvalue weighted by atomic mass is 14.9. The second-order valence-electron chi connectivity index (χ2n) is 4.59. The van der Waals surface area contributed by atoms with Crippen LogP contribution in [-0.4, -0.2) is 23.1 Å². The molecular weight excluding hydrogens is 186 g/mol. The smallest absolute Gasteiger partial charge is 0.115 e. The Balaban J connectivity index is 1.90. The fourth-order valence-electron chi connectivity index (χ4n) is 2.69. The SMILES string of the molecule is C1=C(c2cncnc2)CCC12CCNC2. The minimum absolute atomic E-state index is 0.436.